The summed E-state index contributed by atoms with van der Waals surface area (Å²) in [4.78, 5) is 37.5. The van der Waals surface area contributed by atoms with E-state index < -0.39 is 44.3 Å². The number of nitrogens with one attached hydrogen (secondary N) is 1. The van der Waals surface area contributed by atoms with Crippen molar-refractivity contribution in [2.45, 2.75) is 77.7 Å². The molecule has 2 N–H and O–H groups in total. The summed E-state index contributed by atoms with van der Waals surface area (Å²) in [6.07, 6.45) is -1.43. The van der Waals surface area contributed by atoms with Crippen LogP contribution in [0.5, 0.6) is 0 Å². The molecule has 0 aliphatic carbocycles. The standard InChI is InChI=1S/C23H40N3O9PS/c1-7-19(29)37-13-12-32-10-11-33-36(26(15(2)3)16(4)5)35-20-17(14-27)34-22(21(20)31-6)25-9-8-18(28)24-23(25)30/h8-9,15-17,20-22,27H,7,10-14H2,1-6H3,(H,24,28,30)/t17-,20?,21+,22-,36?/m1/s1. The average Bonchev–Trinajstić information content (AvgIpc) is 3.19. The van der Waals surface area contributed by atoms with E-state index in [0.29, 0.717) is 25.4 Å². The van der Waals surface area contributed by atoms with Gasteiger partial charge >= 0.3 is 5.69 Å². The van der Waals surface area contributed by atoms with Gasteiger partial charge in [-0.3, -0.25) is 19.1 Å². The molecular weight excluding hydrogens is 525 g/mol. The third-order valence-electron chi connectivity index (χ3n) is 5.53. The van der Waals surface area contributed by atoms with Gasteiger partial charge in [0.1, 0.15) is 18.3 Å². The SMILES string of the molecule is CCC(=O)SCCOCCOP(OC1[C@@H](CO)O[C@@H](n2ccc(=O)[nH]c2=O)[C@H]1OC)N(C(C)C)C(C)C. The highest BCUT2D eigenvalue weighted by Gasteiger charge is 2.49. The Morgan fingerprint density at radius 1 is 1.22 bits per heavy atom. The van der Waals surface area contributed by atoms with Crippen molar-refractivity contribution in [3.05, 3.63) is 33.1 Å². The van der Waals surface area contributed by atoms with Gasteiger partial charge in [0.25, 0.3) is 14.1 Å². The van der Waals surface area contributed by atoms with Gasteiger partial charge in [-0.1, -0.05) is 18.7 Å². The largest absolute Gasteiger partial charge is 0.394 e. The number of aliphatic hydroxyl groups is 1. The molecule has 5 atom stereocenters. The quantitative estimate of drug-likeness (QED) is 0.224. The number of nitrogens with zero attached hydrogens (tertiary/aromatic N) is 2. The molecule has 2 unspecified atom stereocenters. The number of aromatic amines is 1. The van der Waals surface area contributed by atoms with Gasteiger partial charge in [0.15, 0.2) is 11.3 Å². The van der Waals surface area contributed by atoms with Crippen LogP contribution in [0.25, 0.3) is 0 Å². The van der Waals surface area contributed by atoms with E-state index in [-0.39, 0.29) is 30.4 Å². The smallest absolute Gasteiger partial charge is 0.330 e. The molecule has 1 aromatic rings. The number of carbonyl (C=O) groups excluding carboxylic acids is 1. The average molecular weight is 566 g/mol. The van der Waals surface area contributed by atoms with Crippen molar-refractivity contribution < 1.29 is 33.2 Å². The lowest BCUT2D eigenvalue weighted by molar-refractivity contribution is -0.110. The van der Waals surface area contributed by atoms with E-state index in [0.717, 1.165) is 0 Å². The normalized spacial score (nSPS) is 22.9. The Labute approximate surface area is 222 Å². The van der Waals surface area contributed by atoms with Crippen molar-refractivity contribution in [1.29, 1.82) is 0 Å². The van der Waals surface area contributed by atoms with E-state index in [9.17, 15) is 19.5 Å². The molecule has 0 aromatic carbocycles. The maximum Gasteiger partial charge on any atom is 0.330 e. The molecule has 0 saturated carbocycles. The Morgan fingerprint density at radius 3 is 2.49 bits per heavy atom. The van der Waals surface area contributed by atoms with E-state index in [1.807, 2.05) is 34.6 Å². The summed E-state index contributed by atoms with van der Waals surface area (Å²) in [6.45, 7) is 10.6. The molecule has 37 heavy (non-hydrogen) atoms. The van der Waals surface area contributed by atoms with Gasteiger partial charge in [-0.2, -0.15) is 0 Å². The first-order valence-electron chi connectivity index (χ1n) is 12.4. The highest BCUT2D eigenvalue weighted by Crippen LogP contribution is 2.50. The van der Waals surface area contributed by atoms with E-state index in [4.69, 9.17) is 23.3 Å². The summed E-state index contributed by atoms with van der Waals surface area (Å²) in [5.74, 6) is 0.584. The second kappa shape index (κ2) is 16.1. The second-order valence-corrected chi connectivity index (χ2v) is 11.4. The molecule has 1 fully saturated rings. The van der Waals surface area contributed by atoms with Gasteiger partial charge in [0, 0.05) is 43.6 Å². The van der Waals surface area contributed by atoms with Crippen LogP contribution in [0.2, 0.25) is 0 Å². The first-order valence-corrected chi connectivity index (χ1v) is 14.5. The predicted octanol–water partition coefficient (Wildman–Crippen LogP) is 1.88. The van der Waals surface area contributed by atoms with Crippen molar-refractivity contribution in [2.75, 3.05) is 39.3 Å². The van der Waals surface area contributed by atoms with Crippen LogP contribution in [-0.2, 0) is 28.1 Å². The highest BCUT2D eigenvalue weighted by atomic mass is 32.2. The lowest BCUT2D eigenvalue weighted by Gasteiger charge is -2.38. The maximum atomic E-state index is 12.4. The molecule has 0 bridgehead atoms. The maximum absolute atomic E-state index is 12.4. The minimum atomic E-state index is -1.64. The first kappa shape index (κ1) is 32.1. The summed E-state index contributed by atoms with van der Waals surface area (Å²) in [7, 11) is -0.172. The molecule has 0 radical (unpaired) electrons. The summed E-state index contributed by atoms with van der Waals surface area (Å²) < 4.78 is 33.2. The van der Waals surface area contributed by atoms with Gasteiger partial charge in [0.05, 0.1) is 26.4 Å². The molecule has 1 aromatic heterocycles. The van der Waals surface area contributed by atoms with Crippen molar-refractivity contribution in [1.82, 2.24) is 14.2 Å². The number of rotatable bonds is 16. The number of hydrogen-bond acceptors (Lipinski definition) is 11. The number of carbonyl (C=O) groups is 1. The Balaban J connectivity index is 2.15. The van der Waals surface area contributed by atoms with Crippen LogP contribution in [0.3, 0.4) is 0 Å². The predicted molar refractivity (Wildman–Crippen MR) is 142 cm³/mol. The lowest BCUT2D eigenvalue weighted by Crippen LogP contribution is -2.41. The van der Waals surface area contributed by atoms with Gasteiger partial charge in [-0.25, -0.2) is 9.46 Å². The van der Waals surface area contributed by atoms with Crippen LogP contribution in [-0.4, -0.2) is 94.1 Å². The fourth-order valence-electron chi connectivity index (χ4n) is 3.91. The van der Waals surface area contributed by atoms with Crippen molar-refractivity contribution in [3.8, 4) is 0 Å². The monoisotopic (exact) mass is 565 g/mol. The molecule has 2 rings (SSSR count). The number of hydrogen-bond donors (Lipinski definition) is 2. The molecule has 1 aliphatic heterocycles. The van der Waals surface area contributed by atoms with Crippen molar-refractivity contribution >= 4 is 25.4 Å². The minimum Gasteiger partial charge on any atom is -0.394 e. The van der Waals surface area contributed by atoms with Crippen LogP contribution >= 0.6 is 20.3 Å². The third kappa shape index (κ3) is 9.22. The van der Waals surface area contributed by atoms with E-state index in [1.165, 1.54) is 35.7 Å². The van der Waals surface area contributed by atoms with Crippen molar-refractivity contribution in [3.63, 3.8) is 0 Å². The molecule has 1 saturated heterocycles. The fourth-order valence-corrected chi connectivity index (χ4v) is 6.29. The Hall–Kier alpha value is -1.15. The molecule has 14 heteroatoms. The molecule has 12 nitrogen and oxygen atoms in total. The summed E-state index contributed by atoms with van der Waals surface area (Å²) in [5.41, 5.74) is -1.18. The molecule has 1 aliphatic rings. The van der Waals surface area contributed by atoms with Crippen molar-refractivity contribution in [2.24, 2.45) is 0 Å². The Morgan fingerprint density at radius 2 is 1.92 bits per heavy atom. The van der Waals surface area contributed by atoms with Crippen LogP contribution in [0, 0.1) is 0 Å². The third-order valence-corrected chi connectivity index (χ3v) is 8.64. The second-order valence-electron chi connectivity index (χ2n) is 8.86. The van der Waals surface area contributed by atoms with E-state index in [1.54, 1.807) is 0 Å². The first-order chi connectivity index (χ1) is 17.6. The molecular formula is C23H40N3O9PS. The topological polar surface area (TPSA) is 142 Å². The number of ether oxygens (including phenoxy) is 3. The number of aliphatic hydroxyl groups excluding tert-OH is 1. The van der Waals surface area contributed by atoms with Gasteiger partial charge in [0.2, 0.25) is 0 Å². The van der Waals surface area contributed by atoms with Crippen LogP contribution < -0.4 is 11.2 Å². The van der Waals surface area contributed by atoms with E-state index in [2.05, 4.69) is 9.65 Å². The van der Waals surface area contributed by atoms with Crippen LogP contribution in [0.15, 0.2) is 21.9 Å². The highest BCUT2D eigenvalue weighted by molar-refractivity contribution is 8.13. The Bertz CT molecular complexity index is 937. The fraction of sp³-hybridized carbons (Fsp3) is 0.783. The summed E-state index contributed by atoms with van der Waals surface area (Å²) >= 11 is 1.25. The zero-order chi connectivity index (χ0) is 27.5. The number of methoxy groups -OCH3 is 1. The summed E-state index contributed by atoms with van der Waals surface area (Å²) in [6, 6.07) is 1.37. The van der Waals surface area contributed by atoms with Gasteiger partial charge in [-0.05, 0) is 27.7 Å². The zero-order valence-corrected chi connectivity index (χ0v) is 24.0. The molecule has 2 heterocycles. The summed E-state index contributed by atoms with van der Waals surface area (Å²) in [5, 5.41) is 10.2. The molecule has 0 spiro atoms. The van der Waals surface area contributed by atoms with Gasteiger partial charge < -0.3 is 28.4 Å². The number of thioether (sulfide) groups is 1. The van der Waals surface area contributed by atoms with Crippen LogP contribution in [0.1, 0.15) is 47.3 Å². The lowest BCUT2D eigenvalue weighted by atomic mass is 10.1. The molecule has 0 amide bonds. The number of aromatic nitrogens is 2. The van der Waals surface area contributed by atoms with Gasteiger partial charge in [-0.15, -0.1) is 0 Å². The minimum absolute atomic E-state index is 0.0805. The Kier molecular flexibility index (Phi) is 13.9. The zero-order valence-electron chi connectivity index (χ0n) is 22.3. The number of H-pyrrole nitrogens is 1. The van der Waals surface area contributed by atoms with E-state index >= 15 is 0 Å². The molecule has 212 valence electrons. The van der Waals surface area contributed by atoms with Crippen LogP contribution in [0.4, 0.5) is 0 Å².